The Bertz CT molecular complexity index is 629. The minimum atomic E-state index is -0.846. The molecule has 1 saturated heterocycles. The first-order chi connectivity index (χ1) is 13.1. The largest absolute Gasteiger partial charge is 0.387 e. The van der Waals surface area contributed by atoms with Crippen LogP contribution < -0.4 is 10.6 Å². The number of aliphatic hydroxyl groups is 1. The summed E-state index contributed by atoms with van der Waals surface area (Å²) >= 11 is 0. The van der Waals surface area contributed by atoms with E-state index in [-0.39, 0.29) is 24.0 Å². The Hall–Kier alpha value is -0.980. The number of ether oxygens (including phenoxy) is 1. The van der Waals surface area contributed by atoms with Gasteiger partial charge in [-0.25, -0.2) is 4.99 Å². The zero-order valence-electron chi connectivity index (χ0n) is 17.0. The predicted molar refractivity (Wildman–Crippen MR) is 119 cm³/mol. The SMILES string of the molecule is CCNC(=NCc1nnc2n1CCCC2)NCC(C)(O)CN1CCOCC1.I. The van der Waals surface area contributed by atoms with E-state index in [1.807, 2.05) is 13.8 Å². The predicted octanol–water partition coefficient (Wildman–Crippen LogP) is 0.371. The third-order valence-electron chi connectivity index (χ3n) is 4.96. The number of β-amino-alcohol motifs (C(OH)–C–C–N with tert-alkyl or cyclic N) is 1. The van der Waals surface area contributed by atoms with E-state index in [4.69, 9.17) is 4.74 Å². The second-order valence-electron chi connectivity index (χ2n) is 7.58. The van der Waals surface area contributed by atoms with Crippen LogP contribution in [0.5, 0.6) is 0 Å². The van der Waals surface area contributed by atoms with Gasteiger partial charge in [-0.1, -0.05) is 0 Å². The van der Waals surface area contributed by atoms with Gasteiger partial charge in [0.15, 0.2) is 11.8 Å². The number of aromatic nitrogens is 3. The normalized spacial score (nSPS) is 20.0. The van der Waals surface area contributed by atoms with Crippen LogP contribution in [-0.4, -0.2) is 82.3 Å². The number of guanidine groups is 1. The topological polar surface area (TPSA) is 99.8 Å². The molecule has 2 aliphatic rings. The Labute approximate surface area is 184 Å². The first-order valence-electron chi connectivity index (χ1n) is 10.0. The van der Waals surface area contributed by atoms with Crippen LogP contribution in [0.4, 0.5) is 0 Å². The fourth-order valence-corrected chi connectivity index (χ4v) is 3.55. The Morgan fingerprint density at radius 1 is 1.21 bits per heavy atom. The highest BCUT2D eigenvalue weighted by Crippen LogP contribution is 2.14. The molecule has 0 amide bonds. The maximum Gasteiger partial charge on any atom is 0.191 e. The van der Waals surface area contributed by atoms with Crippen LogP contribution in [0.1, 0.15) is 38.3 Å². The first kappa shape index (κ1) is 23.3. The average Bonchev–Trinajstić information content (AvgIpc) is 3.08. The van der Waals surface area contributed by atoms with Gasteiger partial charge in [-0.3, -0.25) is 4.90 Å². The van der Waals surface area contributed by atoms with Gasteiger partial charge in [0.2, 0.25) is 0 Å². The van der Waals surface area contributed by atoms with Gasteiger partial charge in [0.25, 0.3) is 0 Å². The maximum absolute atomic E-state index is 10.7. The molecule has 1 aromatic heterocycles. The monoisotopic (exact) mass is 507 g/mol. The van der Waals surface area contributed by atoms with E-state index in [1.54, 1.807) is 0 Å². The first-order valence-corrected chi connectivity index (χ1v) is 10.0. The van der Waals surface area contributed by atoms with Crippen LogP contribution >= 0.6 is 24.0 Å². The summed E-state index contributed by atoms with van der Waals surface area (Å²) in [6.07, 6.45) is 3.35. The smallest absolute Gasteiger partial charge is 0.191 e. The highest BCUT2D eigenvalue weighted by molar-refractivity contribution is 14.0. The second-order valence-corrected chi connectivity index (χ2v) is 7.58. The van der Waals surface area contributed by atoms with E-state index in [0.717, 1.165) is 57.5 Å². The third kappa shape index (κ3) is 6.82. The van der Waals surface area contributed by atoms with Crippen molar-refractivity contribution in [3.05, 3.63) is 11.6 Å². The third-order valence-corrected chi connectivity index (χ3v) is 4.96. The Morgan fingerprint density at radius 2 is 2.00 bits per heavy atom. The van der Waals surface area contributed by atoms with Gasteiger partial charge in [-0.15, -0.1) is 34.2 Å². The second kappa shape index (κ2) is 11.3. The molecule has 3 rings (SSSR count). The summed E-state index contributed by atoms with van der Waals surface area (Å²) < 4.78 is 7.56. The van der Waals surface area contributed by atoms with Gasteiger partial charge in [0, 0.05) is 45.7 Å². The van der Waals surface area contributed by atoms with Gasteiger partial charge in [-0.2, -0.15) is 0 Å². The lowest BCUT2D eigenvalue weighted by Crippen LogP contribution is -2.53. The zero-order chi connectivity index (χ0) is 19.1. The van der Waals surface area contributed by atoms with Crippen molar-refractivity contribution in [2.45, 2.75) is 51.8 Å². The molecule has 1 atom stereocenters. The van der Waals surface area contributed by atoms with Crippen LogP contribution in [-0.2, 0) is 24.2 Å². The molecule has 9 nitrogen and oxygen atoms in total. The number of aryl methyl sites for hydroxylation is 1. The summed E-state index contributed by atoms with van der Waals surface area (Å²) in [4.78, 5) is 6.87. The molecule has 0 radical (unpaired) electrons. The highest BCUT2D eigenvalue weighted by Gasteiger charge is 2.25. The summed E-state index contributed by atoms with van der Waals surface area (Å²) in [6, 6.07) is 0. The Balaban J connectivity index is 0.00000280. The van der Waals surface area contributed by atoms with Gasteiger partial charge < -0.3 is 25.0 Å². The van der Waals surface area contributed by atoms with Crippen molar-refractivity contribution in [3.8, 4) is 0 Å². The highest BCUT2D eigenvalue weighted by atomic mass is 127. The van der Waals surface area contributed by atoms with Crippen LogP contribution in [0.3, 0.4) is 0 Å². The van der Waals surface area contributed by atoms with Crippen molar-refractivity contribution >= 4 is 29.9 Å². The summed E-state index contributed by atoms with van der Waals surface area (Å²) in [7, 11) is 0. The number of halogens is 1. The molecule has 1 unspecified atom stereocenters. The molecule has 3 heterocycles. The molecule has 28 heavy (non-hydrogen) atoms. The van der Waals surface area contributed by atoms with E-state index in [2.05, 4.69) is 35.3 Å². The molecule has 1 aromatic rings. The molecule has 0 aromatic carbocycles. The maximum atomic E-state index is 10.7. The van der Waals surface area contributed by atoms with Crippen molar-refractivity contribution < 1.29 is 9.84 Å². The van der Waals surface area contributed by atoms with Gasteiger partial charge in [0.1, 0.15) is 12.4 Å². The lowest BCUT2D eigenvalue weighted by Gasteiger charge is -2.34. The molecule has 10 heteroatoms. The molecule has 0 saturated carbocycles. The lowest BCUT2D eigenvalue weighted by atomic mass is 10.1. The van der Waals surface area contributed by atoms with Crippen LogP contribution in [0, 0.1) is 0 Å². The standard InChI is InChI=1S/C18H33N7O2.HI/c1-3-19-17(20-12-16-23-22-15-6-4-5-7-25(15)16)21-13-18(2,26)14-24-8-10-27-11-9-24;/h26H,3-14H2,1-2H3,(H2,19,20,21);1H. The van der Waals surface area contributed by atoms with E-state index in [9.17, 15) is 5.11 Å². The van der Waals surface area contributed by atoms with Crippen LogP contribution in [0.15, 0.2) is 4.99 Å². The quantitative estimate of drug-likeness (QED) is 0.279. The number of morpholine rings is 1. The van der Waals surface area contributed by atoms with Gasteiger partial charge in [-0.05, 0) is 26.7 Å². The fraction of sp³-hybridized carbons (Fsp3) is 0.833. The number of hydrogen-bond donors (Lipinski definition) is 3. The van der Waals surface area contributed by atoms with E-state index >= 15 is 0 Å². The van der Waals surface area contributed by atoms with Crippen molar-refractivity contribution in [2.24, 2.45) is 4.99 Å². The molecule has 1 fully saturated rings. The minimum absolute atomic E-state index is 0. The average molecular weight is 507 g/mol. The molecule has 0 bridgehead atoms. The molecular formula is C18H34IN7O2. The fourth-order valence-electron chi connectivity index (χ4n) is 3.55. The summed E-state index contributed by atoms with van der Waals surface area (Å²) in [5.41, 5.74) is -0.846. The summed E-state index contributed by atoms with van der Waals surface area (Å²) in [5, 5.41) is 25.8. The van der Waals surface area contributed by atoms with Crippen LogP contribution in [0.2, 0.25) is 0 Å². The number of rotatable bonds is 7. The van der Waals surface area contributed by atoms with Gasteiger partial charge in [0.05, 0.1) is 18.8 Å². The van der Waals surface area contributed by atoms with Gasteiger partial charge >= 0.3 is 0 Å². The minimum Gasteiger partial charge on any atom is -0.387 e. The van der Waals surface area contributed by atoms with Crippen LogP contribution in [0.25, 0.3) is 0 Å². The van der Waals surface area contributed by atoms with Crippen molar-refractivity contribution in [3.63, 3.8) is 0 Å². The number of fused-ring (bicyclic) bond motifs is 1. The van der Waals surface area contributed by atoms with E-state index in [0.29, 0.717) is 25.6 Å². The molecule has 2 aliphatic heterocycles. The van der Waals surface area contributed by atoms with E-state index in [1.165, 1.54) is 12.8 Å². The van der Waals surface area contributed by atoms with E-state index < -0.39 is 5.60 Å². The molecular weight excluding hydrogens is 473 g/mol. The van der Waals surface area contributed by atoms with Crippen molar-refractivity contribution in [1.82, 2.24) is 30.3 Å². The lowest BCUT2D eigenvalue weighted by molar-refractivity contribution is -0.0201. The van der Waals surface area contributed by atoms with Crippen molar-refractivity contribution in [1.29, 1.82) is 0 Å². The number of nitrogens with zero attached hydrogens (tertiary/aromatic N) is 5. The molecule has 160 valence electrons. The molecule has 0 spiro atoms. The number of hydrogen-bond acceptors (Lipinski definition) is 6. The van der Waals surface area contributed by atoms with Crippen molar-refractivity contribution in [2.75, 3.05) is 45.9 Å². The summed E-state index contributed by atoms with van der Waals surface area (Å²) in [6.45, 7) is 10.3. The number of aliphatic imine (C=N–C) groups is 1. The number of nitrogens with one attached hydrogen (secondary N) is 2. The Morgan fingerprint density at radius 3 is 2.75 bits per heavy atom. The molecule has 0 aliphatic carbocycles. The summed E-state index contributed by atoms with van der Waals surface area (Å²) in [5.74, 6) is 2.66. The zero-order valence-corrected chi connectivity index (χ0v) is 19.3. The Kier molecular flexibility index (Phi) is 9.38. The molecule has 3 N–H and O–H groups in total.